The van der Waals surface area contributed by atoms with Gasteiger partial charge in [-0.05, 0) is 29.8 Å². The summed E-state index contributed by atoms with van der Waals surface area (Å²) in [5.41, 5.74) is 1.97. The predicted octanol–water partition coefficient (Wildman–Crippen LogP) is 3.62. The van der Waals surface area contributed by atoms with Crippen LogP contribution in [0.2, 0.25) is 0 Å². The number of rotatable bonds is 4. The number of methoxy groups -OCH3 is 1. The van der Waals surface area contributed by atoms with Gasteiger partial charge >= 0.3 is 0 Å². The number of hydrogen-bond donors (Lipinski definition) is 2. The minimum atomic E-state index is 0.149. The van der Waals surface area contributed by atoms with Crippen molar-refractivity contribution in [2.75, 3.05) is 12.4 Å². The second kappa shape index (κ2) is 5.38. The molecule has 2 N–H and O–H groups in total. The topological polar surface area (TPSA) is 54.4 Å². The fourth-order valence-electron chi connectivity index (χ4n) is 1.97. The lowest BCUT2D eigenvalue weighted by Crippen LogP contribution is -1.98. The largest absolute Gasteiger partial charge is 0.504 e. The molecule has 2 aromatic carbocycles. The zero-order valence-electron chi connectivity index (χ0n) is 11.0. The smallest absolute Gasteiger partial charge is 0.184 e. The molecule has 0 bridgehead atoms. The van der Waals surface area contributed by atoms with Crippen LogP contribution in [-0.2, 0) is 6.54 Å². The van der Waals surface area contributed by atoms with Crippen LogP contribution in [0.4, 0.5) is 5.13 Å². The summed E-state index contributed by atoms with van der Waals surface area (Å²) in [6.07, 6.45) is 0. The highest BCUT2D eigenvalue weighted by Gasteiger charge is 2.05. The molecule has 0 amide bonds. The van der Waals surface area contributed by atoms with Crippen molar-refractivity contribution in [2.24, 2.45) is 0 Å². The molecule has 0 aliphatic carbocycles. The Balaban J connectivity index is 1.74. The Hall–Kier alpha value is -2.27. The maximum Gasteiger partial charge on any atom is 0.184 e. The standard InChI is InChI=1S/C15H14N2O2S/c1-19-13-7-6-10(8-12(13)18)9-16-15-17-11-4-2-3-5-14(11)20-15/h2-8,18H,9H2,1H3,(H,16,17). The summed E-state index contributed by atoms with van der Waals surface area (Å²) in [7, 11) is 1.54. The number of aromatic nitrogens is 1. The van der Waals surface area contributed by atoms with Crippen molar-refractivity contribution in [1.29, 1.82) is 0 Å². The van der Waals surface area contributed by atoms with Crippen molar-refractivity contribution in [2.45, 2.75) is 6.54 Å². The number of nitrogens with zero attached hydrogens (tertiary/aromatic N) is 1. The van der Waals surface area contributed by atoms with Crippen LogP contribution in [0.5, 0.6) is 11.5 Å². The molecule has 0 radical (unpaired) electrons. The quantitative estimate of drug-likeness (QED) is 0.769. The molecule has 0 fully saturated rings. The number of para-hydroxylation sites is 1. The van der Waals surface area contributed by atoms with Crippen LogP contribution in [-0.4, -0.2) is 17.2 Å². The number of phenolic OH excluding ortho intramolecular Hbond substituents is 1. The molecule has 0 spiro atoms. The Morgan fingerprint density at radius 3 is 2.85 bits per heavy atom. The number of phenols is 1. The fourth-order valence-corrected chi connectivity index (χ4v) is 2.83. The van der Waals surface area contributed by atoms with Crippen LogP contribution < -0.4 is 10.1 Å². The highest BCUT2D eigenvalue weighted by Crippen LogP contribution is 2.28. The number of thiazole rings is 1. The maximum atomic E-state index is 9.74. The van der Waals surface area contributed by atoms with Crippen molar-refractivity contribution in [1.82, 2.24) is 4.98 Å². The minimum Gasteiger partial charge on any atom is -0.504 e. The van der Waals surface area contributed by atoms with E-state index in [0.29, 0.717) is 12.3 Å². The molecule has 102 valence electrons. The Kier molecular flexibility index (Phi) is 3.43. The predicted molar refractivity (Wildman–Crippen MR) is 81.6 cm³/mol. The average Bonchev–Trinajstić information content (AvgIpc) is 2.88. The summed E-state index contributed by atoms with van der Waals surface area (Å²) in [6.45, 7) is 0.609. The lowest BCUT2D eigenvalue weighted by atomic mass is 10.2. The van der Waals surface area contributed by atoms with E-state index in [9.17, 15) is 5.11 Å². The third-order valence-electron chi connectivity index (χ3n) is 2.98. The molecule has 0 saturated heterocycles. The molecule has 0 aliphatic heterocycles. The minimum absolute atomic E-state index is 0.149. The molecular weight excluding hydrogens is 272 g/mol. The number of aromatic hydroxyl groups is 1. The van der Waals surface area contributed by atoms with Crippen LogP contribution in [0.25, 0.3) is 10.2 Å². The van der Waals surface area contributed by atoms with Crippen molar-refractivity contribution >= 4 is 26.7 Å². The first kappa shape index (κ1) is 12.7. The number of fused-ring (bicyclic) bond motifs is 1. The molecule has 3 aromatic rings. The summed E-state index contributed by atoms with van der Waals surface area (Å²) < 4.78 is 6.18. The van der Waals surface area contributed by atoms with Crippen LogP contribution in [0.1, 0.15) is 5.56 Å². The molecule has 1 heterocycles. The van der Waals surface area contributed by atoms with Gasteiger partial charge in [-0.25, -0.2) is 4.98 Å². The highest BCUT2D eigenvalue weighted by atomic mass is 32.1. The summed E-state index contributed by atoms with van der Waals surface area (Å²) in [4.78, 5) is 4.50. The Labute approximate surface area is 120 Å². The second-order valence-corrected chi connectivity index (χ2v) is 5.38. The van der Waals surface area contributed by atoms with Crippen LogP contribution in [0.3, 0.4) is 0 Å². The van der Waals surface area contributed by atoms with E-state index in [1.165, 1.54) is 7.11 Å². The Morgan fingerprint density at radius 2 is 2.10 bits per heavy atom. The highest BCUT2D eigenvalue weighted by molar-refractivity contribution is 7.22. The monoisotopic (exact) mass is 286 g/mol. The van der Waals surface area contributed by atoms with Gasteiger partial charge in [-0.3, -0.25) is 0 Å². The van der Waals surface area contributed by atoms with Crippen LogP contribution >= 0.6 is 11.3 Å². The van der Waals surface area contributed by atoms with Gasteiger partial charge in [0.1, 0.15) is 0 Å². The van der Waals surface area contributed by atoms with Crippen molar-refractivity contribution in [3.8, 4) is 11.5 Å². The fraction of sp³-hybridized carbons (Fsp3) is 0.133. The zero-order valence-corrected chi connectivity index (χ0v) is 11.8. The van der Waals surface area contributed by atoms with E-state index < -0.39 is 0 Å². The van der Waals surface area contributed by atoms with Gasteiger partial charge < -0.3 is 15.2 Å². The number of nitrogens with one attached hydrogen (secondary N) is 1. The maximum absolute atomic E-state index is 9.74. The van der Waals surface area contributed by atoms with E-state index in [0.717, 1.165) is 20.9 Å². The number of ether oxygens (including phenoxy) is 1. The van der Waals surface area contributed by atoms with Crippen LogP contribution in [0, 0.1) is 0 Å². The molecule has 5 heteroatoms. The van der Waals surface area contributed by atoms with Crippen molar-refractivity contribution in [3.63, 3.8) is 0 Å². The molecular formula is C15H14N2O2S. The van der Waals surface area contributed by atoms with Crippen molar-refractivity contribution < 1.29 is 9.84 Å². The van der Waals surface area contributed by atoms with E-state index in [2.05, 4.69) is 16.4 Å². The van der Waals surface area contributed by atoms with Gasteiger partial charge in [0.2, 0.25) is 0 Å². The molecule has 0 saturated carbocycles. The zero-order chi connectivity index (χ0) is 13.9. The number of anilines is 1. The van der Waals surface area contributed by atoms with Gasteiger partial charge in [0.25, 0.3) is 0 Å². The third-order valence-corrected chi connectivity index (χ3v) is 3.97. The Morgan fingerprint density at radius 1 is 1.25 bits per heavy atom. The van der Waals surface area contributed by atoms with Gasteiger partial charge in [0, 0.05) is 6.54 Å². The Bertz CT molecular complexity index is 707. The van der Waals surface area contributed by atoms with Gasteiger partial charge in [0.05, 0.1) is 17.3 Å². The SMILES string of the molecule is COc1ccc(CNc2nc3ccccc3s2)cc1O. The molecule has 0 unspecified atom stereocenters. The van der Waals surface area contributed by atoms with E-state index in [4.69, 9.17) is 4.74 Å². The van der Waals surface area contributed by atoms with E-state index in [-0.39, 0.29) is 5.75 Å². The lowest BCUT2D eigenvalue weighted by Gasteiger charge is -2.06. The summed E-state index contributed by atoms with van der Waals surface area (Å²) in [5, 5.41) is 13.9. The van der Waals surface area contributed by atoms with E-state index in [1.54, 1.807) is 23.5 Å². The first-order chi connectivity index (χ1) is 9.76. The molecule has 1 aromatic heterocycles. The normalized spacial score (nSPS) is 10.7. The molecule has 3 rings (SSSR count). The van der Waals surface area contributed by atoms with Gasteiger partial charge in [-0.15, -0.1) is 0 Å². The number of benzene rings is 2. The number of hydrogen-bond acceptors (Lipinski definition) is 5. The summed E-state index contributed by atoms with van der Waals surface area (Å²) in [5.74, 6) is 0.629. The van der Waals surface area contributed by atoms with Crippen molar-refractivity contribution in [3.05, 3.63) is 48.0 Å². The first-order valence-electron chi connectivity index (χ1n) is 6.21. The van der Waals surface area contributed by atoms with Gasteiger partial charge in [-0.1, -0.05) is 29.5 Å². The van der Waals surface area contributed by atoms with Gasteiger partial charge in [-0.2, -0.15) is 0 Å². The summed E-state index contributed by atoms with van der Waals surface area (Å²) >= 11 is 1.62. The first-order valence-corrected chi connectivity index (χ1v) is 7.03. The molecule has 0 atom stereocenters. The third kappa shape index (κ3) is 2.53. The molecule has 0 aliphatic rings. The van der Waals surface area contributed by atoms with Gasteiger partial charge in [0.15, 0.2) is 16.6 Å². The summed E-state index contributed by atoms with van der Waals surface area (Å²) in [6, 6.07) is 13.4. The molecule has 20 heavy (non-hydrogen) atoms. The van der Waals surface area contributed by atoms with E-state index in [1.807, 2.05) is 24.3 Å². The second-order valence-electron chi connectivity index (χ2n) is 4.35. The average molecular weight is 286 g/mol. The lowest BCUT2D eigenvalue weighted by molar-refractivity contribution is 0.373. The molecule has 4 nitrogen and oxygen atoms in total. The van der Waals surface area contributed by atoms with E-state index >= 15 is 0 Å². The van der Waals surface area contributed by atoms with Crippen LogP contribution in [0.15, 0.2) is 42.5 Å².